The maximum absolute atomic E-state index is 14.6. The summed E-state index contributed by atoms with van der Waals surface area (Å²) in [7, 11) is 0. The van der Waals surface area contributed by atoms with E-state index in [1.54, 1.807) is 30.3 Å². The number of benzene rings is 5. The number of rotatable bonds is 7. The molecule has 1 heterocycles. The van der Waals surface area contributed by atoms with E-state index in [4.69, 9.17) is 27.9 Å². The van der Waals surface area contributed by atoms with Crippen LogP contribution in [0.15, 0.2) is 121 Å². The van der Waals surface area contributed by atoms with E-state index in [9.17, 15) is 24.0 Å². The summed E-state index contributed by atoms with van der Waals surface area (Å²) >= 11 is 12.6. The Balaban J connectivity index is 1.14. The van der Waals surface area contributed by atoms with Crippen LogP contribution in [0.4, 0.5) is 0 Å². The molecule has 0 radical (unpaired) electrons. The average Bonchev–Trinajstić information content (AvgIpc) is 3.40. The predicted molar refractivity (Wildman–Crippen MR) is 185 cm³/mol. The first-order chi connectivity index (χ1) is 24.2. The maximum atomic E-state index is 14.6. The van der Waals surface area contributed by atoms with Gasteiger partial charge in [-0.05, 0) is 76.9 Å². The molecule has 50 heavy (non-hydrogen) atoms. The van der Waals surface area contributed by atoms with Gasteiger partial charge in [0, 0.05) is 22.4 Å². The Bertz CT molecular complexity index is 2120. The summed E-state index contributed by atoms with van der Waals surface area (Å²) in [6.45, 7) is -0.646. The van der Waals surface area contributed by atoms with Gasteiger partial charge in [-0.25, -0.2) is 9.80 Å². The number of hydrazine groups is 1. The van der Waals surface area contributed by atoms with Crippen LogP contribution in [0.5, 0.6) is 5.75 Å². The number of imide groups is 1. The molecule has 3 aliphatic carbocycles. The molecule has 2 bridgehead atoms. The van der Waals surface area contributed by atoms with Crippen molar-refractivity contribution in [1.29, 1.82) is 0 Å². The van der Waals surface area contributed by atoms with Crippen molar-refractivity contribution in [3.63, 3.8) is 0 Å². The molecule has 246 valence electrons. The predicted octanol–water partition coefficient (Wildman–Crippen LogP) is 7.34. The van der Waals surface area contributed by atoms with Crippen LogP contribution in [-0.2, 0) is 9.59 Å². The molecule has 2 atom stereocenters. The molecular formula is C40H26Cl2N2O6. The number of Topliss-reactive ketones (excluding diaryl/α,β-unsaturated/α-hetero) is 1. The molecule has 8 nitrogen and oxygen atoms in total. The van der Waals surface area contributed by atoms with Gasteiger partial charge in [-0.2, -0.15) is 5.01 Å². The van der Waals surface area contributed by atoms with Crippen LogP contribution in [0.2, 0.25) is 10.0 Å². The van der Waals surface area contributed by atoms with E-state index in [-0.39, 0.29) is 26.9 Å². The molecule has 5 aromatic carbocycles. The molecule has 0 aromatic heterocycles. The number of amides is 3. The largest absolute Gasteiger partial charge is 0.423 e. The van der Waals surface area contributed by atoms with Crippen LogP contribution in [0.1, 0.15) is 65.2 Å². The van der Waals surface area contributed by atoms with Gasteiger partial charge in [0.05, 0.1) is 28.0 Å². The Morgan fingerprint density at radius 3 is 1.68 bits per heavy atom. The number of ketones is 1. The zero-order valence-corrected chi connectivity index (χ0v) is 27.7. The van der Waals surface area contributed by atoms with Gasteiger partial charge in [0.2, 0.25) is 0 Å². The van der Waals surface area contributed by atoms with Gasteiger partial charge >= 0.3 is 5.97 Å². The average molecular weight is 702 g/mol. The van der Waals surface area contributed by atoms with Crippen LogP contribution >= 0.6 is 23.2 Å². The topological polar surface area (TPSA) is 101 Å². The summed E-state index contributed by atoms with van der Waals surface area (Å²) in [6.07, 6.45) is 0. The van der Waals surface area contributed by atoms with Gasteiger partial charge in [-0.3, -0.25) is 19.2 Å². The minimum Gasteiger partial charge on any atom is -0.423 e. The minimum atomic E-state index is -0.809. The fourth-order valence-corrected chi connectivity index (χ4v) is 8.10. The Hall–Kier alpha value is -5.57. The monoisotopic (exact) mass is 700 g/mol. The number of ether oxygens (including phenoxy) is 1. The van der Waals surface area contributed by atoms with E-state index >= 15 is 0 Å². The molecule has 10 heteroatoms. The highest BCUT2D eigenvalue weighted by atomic mass is 35.5. The molecule has 0 N–H and O–H groups in total. The van der Waals surface area contributed by atoms with Gasteiger partial charge in [-0.1, -0.05) is 89.9 Å². The number of hydrogen-bond acceptors (Lipinski definition) is 6. The molecule has 0 saturated carbocycles. The molecular weight excluding hydrogens is 675 g/mol. The smallest absolute Gasteiger partial charge is 0.343 e. The highest BCUT2D eigenvalue weighted by Gasteiger charge is 2.63. The van der Waals surface area contributed by atoms with E-state index in [1.807, 2.05) is 48.5 Å². The van der Waals surface area contributed by atoms with Crippen LogP contribution in [0.3, 0.4) is 0 Å². The normalized spacial score (nSPS) is 19.8. The van der Waals surface area contributed by atoms with Crippen LogP contribution in [0.25, 0.3) is 0 Å². The van der Waals surface area contributed by atoms with Crippen molar-refractivity contribution in [2.75, 3.05) is 6.54 Å². The van der Waals surface area contributed by atoms with Crippen LogP contribution in [0, 0.1) is 11.8 Å². The first-order valence-electron chi connectivity index (χ1n) is 16.0. The zero-order valence-electron chi connectivity index (χ0n) is 26.2. The standard InChI is InChI=1S/C40H26Cl2N2O6/c41-24-16-19-30(31(42)20-24)37(46)43(21-32(45)22-14-17-25(18-15-22)50-40(49)23-8-2-1-3-9-23)44-38(47)35-33-26-10-4-5-11-27(26)34(36(35)39(44)48)29-13-7-6-12-28(29)33/h1-20,33-36H,21H2/t33?,34?,35-,36-/m0/s1. The lowest BCUT2D eigenvalue weighted by Crippen LogP contribution is -2.52. The quantitative estimate of drug-likeness (QED) is 0.0762. The summed E-state index contributed by atoms with van der Waals surface area (Å²) < 4.78 is 5.44. The van der Waals surface area contributed by atoms with Gasteiger partial charge in [0.25, 0.3) is 17.7 Å². The van der Waals surface area contributed by atoms with Gasteiger partial charge in [0.1, 0.15) is 12.3 Å². The van der Waals surface area contributed by atoms with Crippen molar-refractivity contribution in [3.8, 4) is 5.75 Å². The third-order valence-corrected chi connectivity index (χ3v) is 10.3. The Morgan fingerprint density at radius 2 is 1.16 bits per heavy atom. The lowest BCUT2D eigenvalue weighted by molar-refractivity contribution is -0.154. The number of halogens is 2. The lowest BCUT2D eigenvalue weighted by atomic mass is 9.55. The molecule has 1 aliphatic heterocycles. The molecule has 0 spiro atoms. The summed E-state index contributed by atoms with van der Waals surface area (Å²) in [6, 6.07) is 34.2. The summed E-state index contributed by atoms with van der Waals surface area (Å²) in [4.78, 5) is 69.8. The Kier molecular flexibility index (Phi) is 7.85. The lowest BCUT2D eigenvalue weighted by Gasteiger charge is -2.45. The van der Waals surface area contributed by atoms with Crippen molar-refractivity contribution in [2.24, 2.45) is 11.8 Å². The molecule has 3 amide bonds. The number of carbonyl (C=O) groups excluding carboxylic acids is 5. The molecule has 5 aromatic rings. The van der Waals surface area contributed by atoms with Gasteiger partial charge < -0.3 is 4.74 Å². The second kappa shape index (κ2) is 12.4. The molecule has 0 unspecified atom stereocenters. The van der Waals surface area contributed by atoms with E-state index in [2.05, 4.69) is 0 Å². The van der Waals surface area contributed by atoms with Crippen molar-refractivity contribution in [1.82, 2.24) is 10.0 Å². The highest BCUT2D eigenvalue weighted by molar-refractivity contribution is 6.36. The third kappa shape index (κ3) is 5.11. The fourth-order valence-electron chi connectivity index (χ4n) is 7.61. The summed E-state index contributed by atoms with van der Waals surface area (Å²) in [5.41, 5.74) is 4.40. The summed E-state index contributed by atoms with van der Waals surface area (Å²) in [5.74, 6) is -5.21. The number of hydrogen-bond donors (Lipinski definition) is 0. The van der Waals surface area contributed by atoms with E-state index < -0.39 is 59.7 Å². The Morgan fingerprint density at radius 1 is 0.640 bits per heavy atom. The molecule has 4 aliphatic rings. The fraction of sp³-hybridized carbons (Fsp3) is 0.125. The van der Waals surface area contributed by atoms with Gasteiger partial charge in [-0.15, -0.1) is 0 Å². The first-order valence-corrected chi connectivity index (χ1v) is 16.7. The van der Waals surface area contributed by atoms with Crippen molar-refractivity contribution in [3.05, 3.63) is 170 Å². The number of nitrogens with zero attached hydrogens (tertiary/aromatic N) is 2. The maximum Gasteiger partial charge on any atom is 0.343 e. The number of carbonyl (C=O) groups is 5. The van der Waals surface area contributed by atoms with Crippen LogP contribution < -0.4 is 4.74 Å². The van der Waals surface area contributed by atoms with E-state index in [0.29, 0.717) is 5.56 Å². The minimum absolute atomic E-state index is 0.000856. The second-order valence-corrected chi connectivity index (χ2v) is 13.3. The summed E-state index contributed by atoms with van der Waals surface area (Å²) in [5, 5.41) is 2.04. The molecule has 1 fully saturated rings. The van der Waals surface area contributed by atoms with Crippen molar-refractivity contribution in [2.45, 2.75) is 11.8 Å². The SMILES string of the molecule is O=C(CN(C(=O)c1ccc(Cl)cc1Cl)N1C(=O)[C@H]2C3c4ccccc4C(c4ccccc43)[C@@H]2C1=O)c1ccc(OC(=O)c2ccccc2)cc1. The zero-order chi connectivity index (χ0) is 34.7. The van der Waals surface area contributed by atoms with E-state index in [1.165, 1.54) is 42.5 Å². The molecule has 1 saturated heterocycles. The van der Waals surface area contributed by atoms with Gasteiger partial charge in [0.15, 0.2) is 5.78 Å². The molecule has 9 rings (SSSR count). The van der Waals surface area contributed by atoms with E-state index in [0.717, 1.165) is 32.3 Å². The first kappa shape index (κ1) is 31.7. The van der Waals surface area contributed by atoms with Crippen molar-refractivity contribution < 1.29 is 28.7 Å². The van der Waals surface area contributed by atoms with Crippen molar-refractivity contribution >= 4 is 52.7 Å². The van der Waals surface area contributed by atoms with Crippen LogP contribution in [-0.4, -0.2) is 46.0 Å². The Labute approximate surface area is 296 Å². The number of esters is 1. The third-order valence-electron chi connectivity index (χ3n) is 9.75. The highest BCUT2D eigenvalue weighted by Crippen LogP contribution is 2.61. The second-order valence-electron chi connectivity index (χ2n) is 12.4.